The number of thioether (sulfide) groups is 1. The SMILES string of the molecule is C=CCn1c(SCc2cc(=O)oc3c(C)c(C)ccc23)nc2ccccc2c1=O. The number of hydrogen-bond donors (Lipinski definition) is 0. The molecule has 0 aliphatic carbocycles. The Morgan fingerprint density at radius 2 is 1.93 bits per heavy atom. The van der Waals surface area contributed by atoms with Gasteiger partial charge >= 0.3 is 5.63 Å². The first-order chi connectivity index (χ1) is 14.0. The van der Waals surface area contributed by atoms with Crippen molar-refractivity contribution in [2.24, 2.45) is 0 Å². The Morgan fingerprint density at radius 3 is 2.72 bits per heavy atom. The molecule has 5 nitrogen and oxygen atoms in total. The molecule has 0 bridgehead atoms. The molecule has 0 fully saturated rings. The summed E-state index contributed by atoms with van der Waals surface area (Å²) >= 11 is 1.43. The van der Waals surface area contributed by atoms with E-state index in [2.05, 4.69) is 11.6 Å². The fraction of sp³-hybridized carbons (Fsp3) is 0.174. The second kappa shape index (κ2) is 7.72. The summed E-state index contributed by atoms with van der Waals surface area (Å²) in [5, 5.41) is 2.08. The monoisotopic (exact) mass is 404 g/mol. The van der Waals surface area contributed by atoms with E-state index in [1.165, 1.54) is 17.8 Å². The van der Waals surface area contributed by atoms with Crippen LogP contribution in [0.25, 0.3) is 21.9 Å². The number of rotatable bonds is 5. The van der Waals surface area contributed by atoms with Crippen LogP contribution in [0.15, 0.2) is 74.3 Å². The standard InChI is InChI=1S/C23H20N2O3S/c1-4-11-25-22(27)18-7-5-6-8-19(18)24-23(25)29-13-16-12-20(26)28-21-15(3)14(2)9-10-17(16)21/h4-10,12H,1,11,13H2,2-3H3. The molecule has 2 aromatic heterocycles. The molecule has 0 amide bonds. The first-order valence-electron chi connectivity index (χ1n) is 9.26. The number of fused-ring (bicyclic) bond motifs is 2. The van der Waals surface area contributed by atoms with Crippen LogP contribution in [-0.2, 0) is 12.3 Å². The van der Waals surface area contributed by atoms with Crippen LogP contribution in [0.4, 0.5) is 0 Å². The number of nitrogens with zero attached hydrogens (tertiary/aromatic N) is 2. The first-order valence-corrected chi connectivity index (χ1v) is 10.2. The van der Waals surface area contributed by atoms with Crippen molar-refractivity contribution in [3.63, 3.8) is 0 Å². The lowest BCUT2D eigenvalue weighted by Crippen LogP contribution is -2.22. The topological polar surface area (TPSA) is 65.1 Å². The Hall–Kier alpha value is -3.12. The minimum Gasteiger partial charge on any atom is -0.422 e. The third-order valence-corrected chi connectivity index (χ3v) is 6.04. The zero-order valence-electron chi connectivity index (χ0n) is 16.3. The van der Waals surface area contributed by atoms with Crippen molar-refractivity contribution < 1.29 is 4.42 Å². The van der Waals surface area contributed by atoms with Crippen LogP contribution in [0.1, 0.15) is 16.7 Å². The van der Waals surface area contributed by atoms with E-state index in [4.69, 9.17) is 4.42 Å². The molecule has 4 aromatic rings. The van der Waals surface area contributed by atoms with Crippen LogP contribution >= 0.6 is 11.8 Å². The van der Waals surface area contributed by atoms with Gasteiger partial charge in [0.05, 0.1) is 10.9 Å². The first kappa shape index (κ1) is 19.2. The maximum atomic E-state index is 12.9. The minimum atomic E-state index is -0.378. The highest BCUT2D eigenvalue weighted by Gasteiger charge is 2.14. The van der Waals surface area contributed by atoms with Crippen molar-refractivity contribution in [1.82, 2.24) is 9.55 Å². The van der Waals surface area contributed by atoms with Crippen LogP contribution in [0.3, 0.4) is 0 Å². The Bertz CT molecular complexity index is 1370. The predicted molar refractivity (Wildman–Crippen MR) is 118 cm³/mol. The average molecular weight is 404 g/mol. The van der Waals surface area contributed by atoms with Gasteiger partial charge in [0.1, 0.15) is 5.58 Å². The molecule has 146 valence electrons. The van der Waals surface area contributed by atoms with Crippen molar-refractivity contribution in [2.75, 3.05) is 0 Å². The molecule has 0 unspecified atom stereocenters. The van der Waals surface area contributed by atoms with Gasteiger partial charge in [0.25, 0.3) is 5.56 Å². The number of hydrogen-bond acceptors (Lipinski definition) is 5. The van der Waals surface area contributed by atoms with E-state index in [1.807, 2.05) is 44.2 Å². The van der Waals surface area contributed by atoms with Crippen molar-refractivity contribution >= 4 is 33.6 Å². The molecular formula is C23H20N2O3S. The number of benzene rings is 2. The van der Waals surface area contributed by atoms with Crippen molar-refractivity contribution in [3.8, 4) is 0 Å². The molecule has 0 saturated carbocycles. The Morgan fingerprint density at radius 1 is 1.14 bits per heavy atom. The summed E-state index contributed by atoms with van der Waals surface area (Å²) < 4.78 is 7.07. The summed E-state index contributed by atoms with van der Waals surface area (Å²) in [5.74, 6) is 0.493. The van der Waals surface area contributed by atoms with Gasteiger partial charge in [-0.15, -0.1) is 6.58 Å². The normalized spacial score (nSPS) is 11.2. The predicted octanol–water partition coefficient (Wildman–Crippen LogP) is 4.60. The molecule has 2 heterocycles. The molecule has 6 heteroatoms. The maximum absolute atomic E-state index is 12.9. The molecule has 0 saturated heterocycles. The molecular weight excluding hydrogens is 384 g/mol. The molecule has 0 atom stereocenters. The molecule has 4 rings (SSSR count). The van der Waals surface area contributed by atoms with Crippen LogP contribution in [0.5, 0.6) is 0 Å². The highest BCUT2D eigenvalue weighted by Crippen LogP contribution is 2.28. The average Bonchev–Trinajstić information content (AvgIpc) is 2.71. The fourth-order valence-corrected chi connectivity index (χ4v) is 4.33. The van der Waals surface area contributed by atoms with Gasteiger partial charge in [-0.05, 0) is 42.7 Å². The zero-order chi connectivity index (χ0) is 20.5. The van der Waals surface area contributed by atoms with Crippen molar-refractivity contribution in [1.29, 1.82) is 0 Å². The van der Waals surface area contributed by atoms with E-state index >= 15 is 0 Å². The van der Waals surface area contributed by atoms with Crippen LogP contribution in [0.2, 0.25) is 0 Å². The fourth-order valence-electron chi connectivity index (χ4n) is 3.33. The number of aryl methyl sites for hydroxylation is 2. The van der Waals surface area contributed by atoms with Crippen LogP contribution < -0.4 is 11.2 Å². The number of aromatic nitrogens is 2. The summed E-state index contributed by atoms with van der Waals surface area (Å²) in [4.78, 5) is 29.7. The highest BCUT2D eigenvalue weighted by molar-refractivity contribution is 7.98. The molecule has 29 heavy (non-hydrogen) atoms. The quantitative estimate of drug-likeness (QED) is 0.211. The van der Waals surface area contributed by atoms with Crippen molar-refractivity contribution in [2.45, 2.75) is 31.3 Å². The lowest BCUT2D eigenvalue weighted by molar-refractivity contribution is 0.557. The molecule has 0 spiro atoms. The van der Waals surface area contributed by atoms with Crippen LogP contribution in [0, 0.1) is 13.8 Å². The van der Waals surface area contributed by atoms with Gasteiger partial charge < -0.3 is 4.42 Å². The smallest absolute Gasteiger partial charge is 0.336 e. The van der Waals surface area contributed by atoms with E-state index < -0.39 is 0 Å². The summed E-state index contributed by atoms with van der Waals surface area (Å²) in [5.41, 5.74) is 3.68. The van der Waals surface area contributed by atoms with E-state index in [0.29, 0.717) is 33.9 Å². The van der Waals surface area contributed by atoms with E-state index in [1.54, 1.807) is 16.7 Å². The van der Waals surface area contributed by atoms with Gasteiger partial charge in [-0.25, -0.2) is 9.78 Å². The van der Waals surface area contributed by atoms with Gasteiger partial charge in [-0.1, -0.05) is 42.1 Å². The minimum absolute atomic E-state index is 0.0955. The largest absolute Gasteiger partial charge is 0.422 e. The summed E-state index contributed by atoms with van der Waals surface area (Å²) in [6.07, 6.45) is 1.68. The third kappa shape index (κ3) is 3.51. The molecule has 0 radical (unpaired) electrons. The van der Waals surface area contributed by atoms with Gasteiger partial charge in [-0.2, -0.15) is 0 Å². The zero-order valence-corrected chi connectivity index (χ0v) is 17.1. The van der Waals surface area contributed by atoms with Gasteiger partial charge in [0.15, 0.2) is 5.16 Å². The number of para-hydroxylation sites is 1. The van der Waals surface area contributed by atoms with Crippen LogP contribution in [-0.4, -0.2) is 9.55 Å². The van der Waals surface area contributed by atoms with E-state index in [-0.39, 0.29) is 11.2 Å². The second-order valence-corrected chi connectivity index (χ2v) is 7.82. The summed E-state index contributed by atoms with van der Waals surface area (Å²) in [6.45, 7) is 8.06. The summed E-state index contributed by atoms with van der Waals surface area (Å²) in [7, 11) is 0. The highest BCUT2D eigenvalue weighted by atomic mass is 32.2. The molecule has 0 aliphatic heterocycles. The Balaban J connectivity index is 1.80. The lowest BCUT2D eigenvalue weighted by atomic mass is 10.0. The van der Waals surface area contributed by atoms with E-state index in [0.717, 1.165) is 22.1 Å². The lowest BCUT2D eigenvalue weighted by Gasteiger charge is -2.12. The Kier molecular flexibility index (Phi) is 5.11. The second-order valence-electron chi connectivity index (χ2n) is 6.88. The molecule has 2 aromatic carbocycles. The van der Waals surface area contributed by atoms with Gasteiger partial charge in [-0.3, -0.25) is 9.36 Å². The molecule has 0 N–H and O–H groups in total. The third-order valence-electron chi connectivity index (χ3n) is 5.01. The number of allylic oxidation sites excluding steroid dienone is 1. The molecule has 0 aliphatic rings. The van der Waals surface area contributed by atoms with Gasteiger partial charge in [0, 0.05) is 23.8 Å². The Labute approximate surface area is 171 Å². The summed E-state index contributed by atoms with van der Waals surface area (Å²) in [6, 6.07) is 12.8. The van der Waals surface area contributed by atoms with Gasteiger partial charge in [0.2, 0.25) is 0 Å². The van der Waals surface area contributed by atoms with Crippen molar-refractivity contribution in [3.05, 3.63) is 92.6 Å². The van der Waals surface area contributed by atoms with E-state index in [9.17, 15) is 9.59 Å². The maximum Gasteiger partial charge on any atom is 0.336 e.